The summed E-state index contributed by atoms with van der Waals surface area (Å²) in [6, 6.07) is 5.85. The van der Waals surface area contributed by atoms with Crippen LogP contribution in [0, 0.1) is 0 Å². The zero-order valence-corrected chi connectivity index (χ0v) is 9.50. The second-order valence-corrected chi connectivity index (χ2v) is 4.19. The van der Waals surface area contributed by atoms with E-state index in [-0.39, 0.29) is 6.10 Å². The van der Waals surface area contributed by atoms with Gasteiger partial charge in [0, 0.05) is 24.3 Å². The molecule has 1 aliphatic heterocycles. The third-order valence-corrected chi connectivity index (χ3v) is 2.94. The SMILES string of the molecule is c1ncc2ccc(OC[C@H]3CCCO3)cc2n1. The fourth-order valence-corrected chi connectivity index (χ4v) is 2.01. The maximum Gasteiger partial charge on any atom is 0.121 e. The third kappa shape index (κ3) is 2.36. The van der Waals surface area contributed by atoms with E-state index in [0.717, 1.165) is 36.1 Å². The number of benzene rings is 1. The van der Waals surface area contributed by atoms with Crippen molar-refractivity contribution >= 4 is 10.9 Å². The largest absolute Gasteiger partial charge is 0.491 e. The van der Waals surface area contributed by atoms with E-state index in [1.165, 1.54) is 0 Å². The van der Waals surface area contributed by atoms with Crippen molar-refractivity contribution in [3.8, 4) is 5.75 Å². The minimum absolute atomic E-state index is 0.246. The number of aromatic nitrogens is 2. The minimum Gasteiger partial charge on any atom is -0.491 e. The van der Waals surface area contributed by atoms with E-state index >= 15 is 0 Å². The van der Waals surface area contributed by atoms with Crippen molar-refractivity contribution in [2.75, 3.05) is 13.2 Å². The normalized spacial score (nSPS) is 19.6. The fraction of sp³-hybridized carbons (Fsp3) is 0.385. The van der Waals surface area contributed by atoms with Crippen LogP contribution in [0.2, 0.25) is 0 Å². The van der Waals surface area contributed by atoms with Gasteiger partial charge in [0.1, 0.15) is 18.7 Å². The lowest BCUT2D eigenvalue weighted by molar-refractivity contribution is 0.0680. The van der Waals surface area contributed by atoms with Crippen LogP contribution < -0.4 is 4.74 Å². The highest BCUT2D eigenvalue weighted by Gasteiger charge is 2.15. The summed E-state index contributed by atoms with van der Waals surface area (Å²) < 4.78 is 11.2. The van der Waals surface area contributed by atoms with E-state index in [1.54, 1.807) is 12.5 Å². The lowest BCUT2D eigenvalue weighted by Crippen LogP contribution is -2.16. The molecule has 1 fully saturated rings. The highest BCUT2D eigenvalue weighted by molar-refractivity contribution is 5.78. The summed E-state index contributed by atoms with van der Waals surface area (Å²) in [5, 5.41) is 1.02. The van der Waals surface area contributed by atoms with Crippen LogP contribution in [0.25, 0.3) is 10.9 Å². The van der Waals surface area contributed by atoms with Gasteiger partial charge in [0.25, 0.3) is 0 Å². The first-order chi connectivity index (χ1) is 8.42. The molecule has 1 saturated heterocycles. The van der Waals surface area contributed by atoms with Crippen LogP contribution in [0.4, 0.5) is 0 Å². The van der Waals surface area contributed by atoms with Crippen LogP contribution in [0.3, 0.4) is 0 Å². The van der Waals surface area contributed by atoms with Crippen molar-refractivity contribution in [2.45, 2.75) is 18.9 Å². The van der Waals surface area contributed by atoms with E-state index in [1.807, 2.05) is 18.2 Å². The van der Waals surface area contributed by atoms with Crippen molar-refractivity contribution in [3.63, 3.8) is 0 Å². The number of hydrogen-bond donors (Lipinski definition) is 0. The van der Waals surface area contributed by atoms with Crippen LogP contribution in [0.1, 0.15) is 12.8 Å². The Morgan fingerprint density at radius 3 is 3.29 bits per heavy atom. The Balaban J connectivity index is 1.72. The maximum atomic E-state index is 5.71. The summed E-state index contributed by atoms with van der Waals surface area (Å²) in [4.78, 5) is 8.18. The molecule has 17 heavy (non-hydrogen) atoms. The van der Waals surface area contributed by atoms with Gasteiger partial charge in [-0.15, -0.1) is 0 Å². The van der Waals surface area contributed by atoms with Gasteiger partial charge in [-0.05, 0) is 25.0 Å². The molecule has 0 unspecified atom stereocenters. The third-order valence-electron chi connectivity index (χ3n) is 2.94. The van der Waals surface area contributed by atoms with Gasteiger partial charge >= 0.3 is 0 Å². The predicted molar refractivity (Wildman–Crippen MR) is 64.0 cm³/mol. The minimum atomic E-state index is 0.246. The van der Waals surface area contributed by atoms with Gasteiger partial charge in [0.15, 0.2) is 0 Å². The Morgan fingerprint density at radius 2 is 2.41 bits per heavy atom. The molecule has 0 N–H and O–H groups in total. The van der Waals surface area contributed by atoms with Crippen LogP contribution in [-0.2, 0) is 4.74 Å². The number of nitrogens with zero attached hydrogens (tertiary/aromatic N) is 2. The fourth-order valence-electron chi connectivity index (χ4n) is 2.01. The molecular formula is C13H14N2O2. The summed E-state index contributed by atoms with van der Waals surface area (Å²) in [6.07, 6.45) is 5.82. The lowest BCUT2D eigenvalue weighted by atomic mass is 10.2. The molecule has 1 aliphatic rings. The molecule has 2 heterocycles. The highest BCUT2D eigenvalue weighted by Crippen LogP contribution is 2.19. The first-order valence-corrected chi connectivity index (χ1v) is 5.86. The van der Waals surface area contributed by atoms with E-state index < -0.39 is 0 Å². The Bertz CT molecular complexity index is 510. The van der Waals surface area contributed by atoms with E-state index in [0.29, 0.717) is 6.61 Å². The topological polar surface area (TPSA) is 44.2 Å². The number of hydrogen-bond acceptors (Lipinski definition) is 4. The van der Waals surface area contributed by atoms with Gasteiger partial charge in [0.05, 0.1) is 11.6 Å². The lowest BCUT2D eigenvalue weighted by Gasteiger charge is -2.11. The van der Waals surface area contributed by atoms with Gasteiger partial charge in [-0.2, -0.15) is 0 Å². The Morgan fingerprint density at radius 1 is 1.41 bits per heavy atom. The molecule has 4 heteroatoms. The molecule has 0 amide bonds. The summed E-state index contributed by atoms with van der Waals surface area (Å²) >= 11 is 0. The molecule has 1 aromatic carbocycles. The highest BCUT2D eigenvalue weighted by atomic mass is 16.5. The average molecular weight is 230 g/mol. The van der Waals surface area contributed by atoms with Crippen molar-refractivity contribution < 1.29 is 9.47 Å². The van der Waals surface area contributed by atoms with Crippen molar-refractivity contribution in [1.29, 1.82) is 0 Å². The number of fused-ring (bicyclic) bond motifs is 1. The van der Waals surface area contributed by atoms with Gasteiger partial charge in [0.2, 0.25) is 0 Å². The summed E-state index contributed by atoms with van der Waals surface area (Å²) in [5.74, 6) is 0.840. The molecule has 2 aromatic rings. The second kappa shape index (κ2) is 4.67. The molecule has 0 spiro atoms. The van der Waals surface area contributed by atoms with Gasteiger partial charge in [-0.1, -0.05) is 0 Å². The van der Waals surface area contributed by atoms with E-state index in [9.17, 15) is 0 Å². The van der Waals surface area contributed by atoms with E-state index in [2.05, 4.69) is 9.97 Å². The first kappa shape index (κ1) is 10.5. The quantitative estimate of drug-likeness (QED) is 0.810. The van der Waals surface area contributed by atoms with Crippen LogP contribution in [0.5, 0.6) is 5.75 Å². The standard InChI is InChI=1S/C13H14N2O2/c1-2-12(16-5-1)8-17-11-4-3-10-7-14-9-15-13(10)6-11/h3-4,6-7,9,12H,1-2,5,8H2/t12-/m1/s1. The molecule has 1 aromatic heterocycles. The van der Waals surface area contributed by atoms with Crippen molar-refractivity contribution in [3.05, 3.63) is 30.7 Å². The molecule has 0 radical (unpaired) electrons. The Labute approximate surface area is 99.6 Å². The molecule has 88 valence electrons. The molecule has 0 aliphatic carbocycles. The zero-order valence-electron chi connectivity index (χ0n) is 9.50. The van der Waals surface area contributed by atoms with Gasteiger partial charge in [-0.25, -0.2) is 9.97 Å². The molecule has 0 saturated carbocycles. The van der Waals surface area contributed by atoms with Crippen LogP contribution in [0.15, 0.2) is 30.7 Å². The summed E-state index contributed by atoms with van der Waals surface area (Å²) in [5.41, 5.74) is 0.907. The zero-order chi connectivity index (χ0) is 11.5. The Kier molecular flexibility index (Phi) is 2.88. The van der Waals surface area contributed by atoms with Crippen molar-refractivity contribution in [2.24, 2.45) is 0 Å². The number of rotatable bonds is 3. The number of ether oxygens (including phenoxy) is 2. The smallest absolute Gasteiger partial charge is 0.121 e. The Hall–Kier alpha value is -1.68. The van der Waals surface area contributed by atoms with Gasteiger partial charge in [-0.3, -0.25) is 0 Å². The predicted octanol–water partition coefficient (Wildman–Crippen LogP) is 2.19. The summed E-state index contributed by atoms with van der Waals surface area (Å²) in [7, 11) is 0. The second-order valence-electron chi connectivity index (χ2n) is 4.19. The van der Waals surface area contributed by atoms with Crippen LogP contribution >= 0.6 is 0 Å². The molecule has 4 nitrogen and oxygen atoms in total. The summed E-state index contributed by atoms with van der Waals surface area (Å²) in [6.45, 7) is 1.48. The monoisotopic (exact) mass is 230 g/mol. The maximum absolute atomic E-state index is 5.71. The molecule has 3 rings (SSSR count). The van der Waals surface area contributed by atoms with Gasteiger partial charge < -0.3 is 9.47 Å². The molecule has 1 atom stereocenters. The molecular weight excluding hydrogens is 216 g/mol. The average Bonchev–Trinajstić information content (AvgIpc) is 2.89. The first-order valence-electron chi connectivity index (χ1n) is 5.86. The molecule has 0 bridgehead atoms. The van der Waals surface area contributed by atoms with Crippen LogP contribution in [-0.4, -0.2) is 29.3 Å². The van der Waals surface area contributed by atoms with Crippen molar-refractivity contribution in [1.82, 2.24) is 9.97 Å². The van der Waals surface area contributed by atoms with E-state index in [4.69, 9.17) is 9.47 Å².